The van der Waals surface area contributed by atoms with E-state index in [9.17, 15) is 15.3 Å². The lowest BCUT2D eigenvalue weighted by atomic mass is 9.99. The van der Waals surface area contributed by atoms with Gasteiger partial charge in [0.15, 0.2) is 0 Å². The highest BCUT2D eigenvalue weighted by Gasteiger charge is 2.44. The van der Waals surface area contributed by atoms with Gasteiger partial charge in [-0.15, -0.1) is 0 Å². The molecule has 1 aliphatic heterocycles. The number of ether oxygens (including phenoxy) is 2. The van der Waals surface area contributed by atoms with E-state index >= 15 is 0 Å². The number of aliphatic hydroxyl groups is 4. The summed E-state index contributed by atoms with van der Waals surface area (Å²) in [5.74, 6) is 0.211. The molecule has 1 aromatic carbocycles. The van der Waals surface area contributed by atoms with Gasteiger partial charge in [-0.1, -0.05) is 18.2 Å². The lowest BCUT2D eigenvalue weighted by Crippen LogP contribution is -2.60. The molecule has 0 radical (unpaired) electrons. The highest BCUT2D eigenvalue weighted by molar-refractivity contribution is 5.78. The molecule has 7 nitrogen and oxygen atoms in total. The maximum absolute atomic E-state index is 9.93. The van der Waals surface area contributed by atoms with Crippen LogP contribution >= 0.6 is 0 Å². The van der Waals surface area contributed by atoms with Crippen LogP contribution in [0.3, 0.4) is 0 Å². The molecular weight excluding hydrogens is 290 g/mol. The van der Waals surface area contributed by atoms with E-state index in [1.165, 1.54) is 0 Å². The molecule has 0 unspecified atom stereocenters. The molecule has 1 aromatic heterocycles. The summed E-state index contributed by atoms with van der Waals surface area (Å²) in [5.41, 5.74) is 0.713. The van der Waals surface area contributed by atoms with Crippen molar-refractivity contribution in [3.05, 3.63) is 36.4 Å². The molecule has 2 heterocycles. The second-order valence-electron chi connectivity index (χ2n) is 5.16. The van der Waals surface area contributed by atoms with Crippen molar-refractivity contribution >= 4 is 10.9 Å². The van der Waals surface area contributed by atoms with Gasteiger partial charge in [0.25, 0.3) is 0 Å². The first-order valence-electron chi connectivity index (χ1n) is 6.93. The SMILES string of the molecule is OC[C@H]1O[C@@H](Oc2ccc3ccccc3n2)[C@H](O)[C@@H](O)[C@H]1O. The topological polar surface area (TPSA) is 112 Å². The zero-order chi connectivity index (χ0) is 15.7. The average molecular weight is 307 g/mol. The summed E-state index contributed by atoms with van der Waals surface area (Å²) in [6, 6.07) is 10.9. The first-order chi connectivity index (χ1) is 10.6. The fraction of sp³-hybridized carbons (Fsp3) is 0.400. The molecule has 7 heteroatoms. The summed E-state index contributed by atoms with van der Waals surface area (Å²) in [7, 11) is 0. The van der Waals surface area contributed by atoms with E-state index < -0.39 is 37.3 Å². The number of pyridine rings is 1. The Labute approximate surface area is 126 Å². The van der Waals surface area contributed by atoms with Crippen LogP contribution in [0.4, 0.5) is 0 Å². The Balaban J connectivity index is 1.80. The van der Waals surface area contributed by atoms with Gasteiger partial charge >= 0.3 is 0 Å². The zero-order valence-corrected chi connectivity index (χ0v) is 11.6. The van der Waals surface area contributed by atoms with Crippen molar-refractivity contribution in [3.8, 4) is 5.88 Å². The van der Waals surface area contributed by atoms with E-state index in [0.717, 1.165) is 5.39 Å². The monoisotopic (exact) mass is 307 g/mol. The quantitative estimate of drug-likeness (QED) is 0.600. The van der Waals surface area contributed by atoms with Crippen molar-refractivity contribution in [2.75, 3.05) is 6.61 Å². The summed E-state index contributed by atoms with van der Waals surface area (Å²) in [6.45, 7) is -0.504. The molecule has 2 aromatic rings. The number of hydrogen-bond acceptors (Lipinski definition) is 7. The Kier molecular flexibility index (Phi) is 4.23. The summed E-state index contributed by atoms with van der Waals surface area (Å²) < 4.78 is 10.7. The fourth-order valence-corrected chi connectivity index (χ4v) is 2.40. The van der Waals surface area contributed by atoms with Crippen molar-refractivity contribution in [1.29, 1.82) is 0 Å². The van der Waals surface area contributed by atoms with Gasteiger partial charge in [-0.25, -0.2) is 4.98 Å². The molecule has 0 amide bonds. The minimum atomic E-state index is -1.48. The van der Waals surface area contributed by atoms with Gasteiger partial charge in [0.2, 0.25) is 12.2 Å². The molecule has 0 bridgehead atoms. The van der Waals surface area contributed by atoms with Crippen LogP contribution in [-0.4, -0.2) is 62.7 Å². The minimum absolute atomic E-state index is 0.211. The largest absolute Gasteiger partial charge is 0.445 e. The molecule has 118 valence electrons. The third kappa shape index (κ3) is 2.77. The molecule has 1 saturated heterocycles. The van der Waals surface area contributed by atoms with Crippen LogP contribution in [0.5, 0.6) is 5.88 Å². The van der Waals surface area contributed by atoms with E-state index in [1.54, 1.807) is 6.07 Å². The smallest absolute Gasteiger partial charge is 0.231 e. The number of hydrogen-bond donors (Lipinski definition) is 4. The molecular formula is C15H17NO6. The van der Waals surface area contributed by atoms with Crippen molar-refractivity contribution in [2.45, 2.75) is 30.7 Å². The van der Waals surface area contributed by atoms with Gasteiger partial charge in [-0.05, 0) is 12.1 Å². The van der Waals surface area contributed by atoms with Crippen LogP contribution in [-0.2, 0) is 4.74 Å². The Morgan fingerprint density at radius 3 is 2.55 bits per heavy atom. The van der Waals surface area contributed by atoms with Crippen molar-refractivity contribution in [2.24, 2.45) is 0 Å². The first-order valence-corrected chi connectivity index (χ1v) is 6.93. The first kappa shape index (κ1) is 15.1. The number of rotatable bonds is 3. The van der Waals surface area contributed by atoms with Crippen LogP contribution in [0, 0.1) is 0 Å². The van der Waals surface area contributed by atoms with Crippen LogP contribution in [0.15, 0.2) is 36.4 Å². The second kappa shape index (κ2) is 6.15. The summed E-state index contributed by atoms with van der Waals surface area (Å²) in [6.07, 6.45) is -6.58. The Bertz CT molecular complexity index is 649. The summed E-state index contributed by atoms with van der Waals surface area (Å²) >= 11 is 0. The van der Waals surface area contributed by atoms with Crippen molar-refractivity contribution in [1.82, 2.24) is 4.98 Å². The van der Waals surface area contributed by atoms with E-state index in [0.29, 0.717) is 5.52 Å². The molecule has 0 spiro atoms. The summed E-state index contributed by atoms with van der Waals surface area (Å²) in [5, 5.41) is 39.4. The predicted octanol–water partition coefficient (Wildman–Crippen LogP) is -0.587. The second-order valence-corrected chi connectivity index (χ2v) is 5.16. The molecule has 1 fully saturated rings. The zero-order valence-electron chi connectivity index (χ0n) is 11.6. The highest BCUT2D eigenvalue weighted by atomic mass is 16.7. The van der Waals surface area contributed by atoms with Gasteiger partial charge in [-0.2, -0.15) is 0 Å². The van der Waals surface area contributed by atoms with E-state index in [-0.39, 0.29) is 5.88 Å². The number of aliphatic hydroxyl groups excluding tert-OH is 4. The minimum Gasteiger partial charge on any atom is -0.445 e. The highest BCUT2D eigenvalue weighted by Crippen LogP contribution is 2.24. The lowest BCUT2D eigenvalue weighted by molar-refractivity contribution is -0.278. The number of fused-ring (bicyclic) bond motifs is 1. The van der Waals surface area contributed by atoms with Crippen molar-refractivity contribution < 1.29 is 29.9 Å². The maximum atomic E-state index is 9.93. The Morgan fingerprint density at radius 1 is 1.00 bits per heavy atom. The maximum Gasteiger partial charge on any atom is 0.231 e. The van der Waals surface area contributed by atoms with E-state index in [4.69, 9.17) is 14.6 Å². The number of aromatic nitrogens is 1. The molecule has 3 rings (SSSR count). The Hall–Kier alpha value is -1.77. The third-order valence-electron chi connectivity index (χ3n) is 3.66. The fourth-order valence-electron chi connectivity index (χ4n) is 2.40. The molecule has 1 aliphatic rings. The van der Waals surface area contributed by atoms with Crippen LogP contribution in [0.2, 0.25) is 0 Å². The van der Waals surface area contributed by atoms with Crippen LogP contribution < -0.4 is 4.74 Å². The molecule has 0 saturated carbocycles. The van der Waals surface area contributed by atoms with Gasteiger partial charge in [0.1, 0.15) is 24.4 Å². The lowest BCUT2D eigenvalue weighted by Gasteiger charge is -2.39. The van der Waals surface area contributed by atoms with Gasteiger partial charge < -0.3 is 29.9 Å². The number of para-hydroxylation sites is 1. The van der Waals surface area contributed by atoms with E-state index in [2.05, 4.69) is 4.98 Å². The normalized spacial score (nSPS) is 32.1. The van der Waals surface area contributed by atoms with Crippen molar-refractivity contribution in [3.63, 3.8) is 0 Å². The molecule has 22 heavy (non-hydrogen) atoms. The third-order valence-corrected chi connectivity index (χ3v) is 3.66. The van der Waals surface area contributed by atoms with Gasteiger partial charge in [-0.3, -0.25) is 0 Å². The Morgan fingerprint density at radius 2 is 1.77 bits per heavy atom. The number of nitrogens with zero attached hydrogens (tertiary/aromatic N) is 1. The van der Waals surface area contributed by atoms with Gasteiger partial charge in [0.05, 0.1) is 12.1 Å². The standard InChI is InChI=1S/C15H17NO6/c17-7-10-12(18)13(19)14(20)15(21-10)22-11-6-5-8-3-1-2-4-9(8)16-11/h1-6,10,12-15,17-20H,7H2/t10-,12+,13+,14-,15+/m1/s1. The molecule has 5 atom stereocenters. The predicted molar refractivity (Wildman–Crippen MR) is 76.1 cm³/mol. The van der Waals surface area contributed by atoms with Gasteiger partial charge in [0, 0.05) is 11.5 Å². The summed E-state index contributed by atoms with van der Waals surface area (Å²) in [4.78, 5) is 4.28. The number of benzene rings is 1. The van der Waals surface area contributed by atoms with Crippen LogP contribution in [0.1, 0.15) is 0 Å². The average Bonchev–Trinajstić information content (AvgIpc) is 2.55. The molecule has 4 N–H and O–H groups in total. The molecule has 0 aliphatic carbocycles. The van der Waals surface area contributed by atoms with E-state index in [1.807, 2.05) is 30.3 Å². The van der Waals surface area contributed by atoms with Crippen LogP contribution in [0.25, 0.3) is 10.9 Å².